The molecular formula is C42H46N4O6. The third-order valence-corrected chi connectivity index (χ3v) is 10.1. The first-order chi connectivity index (χ1) is 25.4. The minimum atomic E-state index is -0.447. The summed E-state index contributed by atoms with van der Waals surface area (Å²) in [5.74, 6) is 0.253. The number of hydrogen-bond donors (Lipinski definition) is 4. The van der Waals surface area contributed by atoms with Crippen LogP contribution >= 0.6 is 0 Å². The Labute approximate surface area is 304 Å². The Balaban J connectivity index is 1.28. The van der Waals surface area contributed by atoms with Crippen LogP contribution in [0.2, 0.25) is 0 Å². The second-order valence-corrected chi connectivity index (χ2v) is 13.3. The van der Waals surface area contributed by atoms with Crippen LogP contribution in [0.3, 0.4) is 0 Å². The first-order valence-electron chi connectivity index (χ1n) is 18.0. The molecule has 0 saturated heterocycles. The highest BCUT2D eigenvalue weighted by molar-refractivity contribution is 6.07. The van der Waals surface area contributed by atoms with E-state index in [0.717, 1.165) is 11.1 Å². The molecule has 4 atom stereocenters. The van der Waals surface area contributed by atoms with Gasteiger partial charge >= 0.3 is 0 Å². The molecule has 10 nitrogen and oxygen atoms in total. The fourth-order valence-corrected chi connectivity index (χ4v) is 7.36. The normalized spacial score (nSPS) is 19.1. The quantitative estimate of drug-likeness (QED) is 0.124. The van der Waals surface area contributed by atoms with Crippen molar-refractivity contribution in [3.05, 3.63) is 119 Å². The summed E-state index contributed by atoms with van der Waals surface area (Å²) >= 11 is 0. The molecule has 4 N–H and O–H groups in total. The summed E-state index contributed by atoms with van der Waals surface area (Å²) in [6, 6.07) is 29.1. The van der Waals surface area contributed by atoms with Crippen molar-refractivity contribution in [1.82, 2.24) is 10.6 Å². The number of carbonyl (C=O) groups is 4. The lowest BCUT2D eigenvalue weighted by Crippen LogP contribution is -2.40. The zero-order valence-corrected chi connectivity index (χ0v) is 29.7. The van der Waals surface area contributed by atoms with Gasteiger partial charge in [0.15, 0.2) is 11.6 Å². The molecule has 2 aliphatic heterocycles. The number of benzene rings is 4. The first kappa shape index (κ1) is 36.5. The number of amides is 2. The van der Waals surface area contributed by atoms with Gasteiger partial charge in [0.05, 0.1) is 25.6 Å². The number of carbonyl (C=O) groups excluding carboxylic acids is 4. The van der Waals surface area contributed by atoms with Crippen molar-refractivity contribution in [2.45, 2.75) is 50.6 Å². The topological polar surface area (TPSA) is 135 Å². The number of methoxy groups -OCH3 is 2. The molecule has 52 heavy (non-hydrogen) atoms. The smallest absolute Gasteiger partial charge is 0.224 e. The molecule has 4 unspecified atom stereocenters. The molecule has 6 rings (SSSR count). The number of rotatable bonds is 11. The molecular weight excluding hydrogens is 656 g/mol. The third kappa shape index (κ3) is 8.58. The van der Waals surface area contributed by atoms with Crippen LogP contribution in [-0.4, -0.2) is 50.7 Å². The van der Waals surface area contributed by atoms with E-state index in [0.29, 0.717) is 85.6 Å². The Bertz CT molecular complexity index is 1740. The molecule has 0 saturated carbocycles. The Hall–Kier alpha value is -5.32. The van der Waals surface area contributed by atoms with Crippen LogP contribution in [0.4, 0.5) is 11.4 Å². The van der Waals surface area contributed by atoms with Gasteiger partial charge in [-0.25, -0.2) is 0 Å². The summed E-state index contributed by atoms with van der Waals surface area (Å²) in [6.07, 6.45) is 2.80. The summed E-state index contributed by atoms with van der Waals surface area (Å²) in [6.45, 7) is 0.951. The maximum atomic E-state index is 14.3. The highest BCUT2D eigenvalue weighted by atomic mass is 16.5. The molecule has 4 aromatic rings. The largest absolute Gasteiger partial charge is 0.497 e. The van der Waals surface area contributed by atoms with Gasteiger partial charge in [0.1, 0.15) is 11.5 Å². The molecule has 10 heteroatoms. The second kappa shape index (κ2) is 17.3. The van der Waals surface area contributed by atoms with Gasteiger partial charge in [-0.05, 0) is 85.3 Å². The van der Waals surface area contributed by atoms with E-state index in [9.17, 15) is 19.2 Å². The monoisotopic (exact) mass is 702 g/mol. The standard InChI is InChI=1S/C42H46N4O6/c1-51-29-21-17-27(18-22-29)39(33-11-7-15-37(47)45-35-13-5-3-9-31(35)41(33)49)43-25-26-44-40(28-19-23-30(52-2)24-20-28)34-12-8-16-38(48)46-36-14-6-4-10-32(36)42(34)50/h3-6,9-10,13-14,17-24,33-34,39-40,43-44H,7-8,11-12,15-16,25-26H2,1-2H3,(H,45,47)(H,46,48). The summed E-state index contributed by atoms with van der Waals surface area (Å²) in [5, 5.41) is 13.2. The average Bonchev–Trinajstić information content (AvgIpc) is 3.27. The summed E-state index contributed by atoms with van der Waals surface area (Å²) < 4.78 is 10.9. The van der Waals surface area contributed by atoms with E-state index < -0.39 is 11.8 Å². The first-order valence-corrected chi connectivity index (χ1v) is 18.0. The van der Waals surface area contributed by atoms with Crippen molar-refractivity contribution < 1.29 is 28.7 Å². The summed E-state index contributed by atoms with van der Waals surface area (Å²) in [5.41, 5.74) is 3.91. The number of Topliss-reactive ketones (excluding diaryl/α,β-unsaturated/α-hetero) is 2. The lowest BCUT2D eigenvalue weighted by Gasteiger charge is -2.30. The molecule has 0 fully saturated rings. The highest BCUT2D eigenvalue weighted by Crippen LogP contribution is 2.36. The van der Waals surface area contributed by atoms with Gasteiger partial charge in [-0.1, -0.05) is 48.5 Å². The van der Waals surface area contributed by atoms with Crippen LogP contribution in [0.15, 0.2) is 97.1 Å². The SMILES string of the molecule is COc1ccc(C(NCCNC(c2ccc(OC)cc2)C2CCCC(=O)Nc3ccccc3C2=O)C2CCCC(=O)Nc3ccccc3C2=O)cc1. The summed E-state index contributed by atoms with van der Waals surface area (Å²) in [4.78, 5) is 54.0. The number of anilines is 2. The van der Waals surface area contributed by atoms with Gasteiger partial charge in [-0.15, -0.1) is 0 Å². The van der Waals surface area contributed by atoms with E-state index in [1.807, 2.05) is 72.8 Å². The van der Waals surface area contributed by atoms with Crippen LogP contribution in [-0.2, 0) is 9.59 Å². The molecule has 2 amide bonds. The maximum absolute atomic E-state index is 14.3. The molecule has 0 aliphatic carbocycles. The molecule has 0 bridgehead atoms. The van der Waals surface area contributed by atoms with Crippen molar-refractivity contribution in [3.63, 3.8) is 0 Å². The van der Waals surface area contributed by atoms with Crippen molar-refractivity contribution in [2.75, 3.05) is 37.9 Å². The molecule has 0 aromatic heterocycles. The summed E-state index contributed by atoms with van der Waals surface area (Å²) in [7, 11) is 3.24. The number of fused-ring (bicyclic) bond motifs is 2. The Morgan fingerprint density at radius 2 is 0.962 bits per heavy atom. The lowest BCUT2D eigenvalue weighted by molar-refractivity contribution is -0.117. The van der Waals surface area contributed by atoms with Crippen LogP contribution in [0.5, 0.6) is 11.5 Å². The van der Waals surface area contributed by atoms with Crippen LogP contribution in [0, 0.1) is 11.8 Å². The molecule has 2 aliphatic rings. The minimum Gasteiger partial charge on any atom is -0.497 e. The number of hydrogen-bond acceptors (Lipinski definition) is 8. The van der Waals surface area contributed by atoms with Crippen molar-refractivity contribution in [1.29, 1.82) is 0 Å². The van der Waals surface area contributed by atoms with Gasteiger partial charge in [0, 0.05) is 61.0 Å². The van der Waals surface area contributed by atoms with Crippen molar-refractivity contribution in [2.24, 2.45) is 11.8 Å². The van der Waals surface area contributed by atoms with Gasteiger partial charge in [0.2, 0.25) is 11.8 Å². The predicted molar refractivity (Wildman–Crippen MR) is 201 cm³/mol. The number of para-hydroxylation sites is 2. The van der Waals surface area contributed by atoms with E-state index in [1.54, 1.807) is 38.5 Å². The van der Waals surface area contributed by atoms with Crippen LogP contribution in [0.1, 0.15) is 82.5 Å². The van der Waals surface area contributed by atoms with Crippen LogP contribution < -0.4 is 30.7 Å². The fraction of sp³-hybridized carbons (Fsp3) is 0.333. The number of nitrogens with one attached hydrogen (secondary N) is 4. The van der Waals surface area contributed by atoms with Gasteiger partial charge in [-0.3, -0.25) is 19.2 Å². The zero-order chi connectivity index (χ0) is 36.5. The van der Waals surface area contributed by atoms with Gasteiger partial charge < -0.3 is 30.7 Å². The van der Waals surface area contributed by atoms with Crippen LogP contribution in [0.25, 0.3) is 0 Å². The van der Waals surface area contributed by atoms with E-state index in [2.05, 4.69) is 21.3 Å². The number of ketones is 2. The Kier molecular flexibility index (Phi) is 12.1. The molecule has 0 radical (unpaired) electrons. The maximum Gasteiger partial charge on any atom is 0.224 e. The van der Waals surface area contributed by atoms with E-state index in [4.69, 9.17) is 9.47 Å². The third-order valence-electron chi connectivity index (χ3n) is 10.1. The Morgan fingerprint density at radius 3 is 1.35 bits per heavy atom. The molecule has 4 aromatic carbocycles. The molecule has 270 valence electrons. The Morgan fingerprint density at radius 1 is 0.577 bits per heavy atom. The highest BCUT2D eigenvalue weighted by Gasteiger charge is 2.34. The second-order valence-electron chi connectivity index (χ2n) is 13.3. The number of ether oxygens (including phenoxy) is 2. The van der Waals surface area contributed by atoms with E-state index in [-0.39, 0.29) is 35.5 Å². The molecule has 2 heterocycles. The predicted octanol–water partition coefficient (Wildman–Crippen LogP) is 6.91. The lowest BCUT2D eigenvalue weighted by atomic mass is 9.82. The fourth-order valence-electron chi connectivity index (χ4n) is 7.36. The van der Waals surface area contributed by atoms with E-state index in [1.165, 1.54) is 0 Å². The van der Waals surface area contributed by atoms with E-state index >= 15 is 0 Å². The average molecular weight is 703 g/mol. The van der Waals surface area contributed by atoms with Gasteiger partial charge in [0.25, 0.3) is 0 Å². The zero-order valence-electron chi connectivity index (χ0n) is 29.7. The molecule has 0 spiro atoms. The van der Waals surface area contributed by atoms with Gasteiger partial charge in [-0.2, -0.15) is 0 Å². The minimum absolute atomic E-state index is 0.0341. The van der Waals surface area contributed by atoms with Crippen molar-refractivity contribution in [3.8, 4) is 11.5 Å². The van der Waals surface area contributed by atoms with Crippen molar-refractivity contribution >= 4 is 34.8 Å².